The molecule has 1 aliphatic heterocycles. The lowest BCUT2D eigenvalue weighted by atomic mass is 9.95. The first-order chi connectivity index (χ1) is 12.8. The van der Waals surface area contributed by atoms with Crippen LogP contribution in [0.15, 0.2) is 48.5 Å². The maximum atomic E-state index is 12.5. The molecule has 5 nitrogen and oxygen atoms in total. The highest BCUT2D eigenvalue weighted by Crippen LogP contribution is 2.26. The van der Waals surface area contributed by atoms with Gasteiger partial charge in [0, 0.05) is 29.0 Å². The molecule has 0 saturated heterocycles. The van der Waals surface area contributed by atoms with Crippen molar-refractivity contribution in [3.63, 3.8) is 0 Å². The number of hydrogen-bond donors (Lipinski definition) is 2. The summed E-state index contributed by atoms with van der Waals surface area (Å²) in [6, 6.07) is 15.5. The van der Waals surface area contributed by atoms with Gasteiger partial charge in [-0.3, -0.25) is 9.59 Å². The third-order valence-electron chi connectivity index (χ3n) is 4.63. The van der Waals surface area contributed by atoms with Crippen molar-refractivity contribution >= 4 is 28.9 Å². The molecule has 0 bridgehead atoms. The van der Waals surface area contributed by atoms with Crippen LogP contribution in [0.2, 0.25) is 0 Å². The second-order valence-electron chi connectivity index (χ2n) is 7.99. The second-order valence-corrected chi connectivity index (χ2v) is 7.99. The molecule has 2 aromatic rings. The van der Waals surface area contributed by atoms with Crippen molar-refractivity contribution in [2.75, 3.05) is 28.6 Å². The number of benzene rings is 2. The number of para-hydroxylation sites is 1. The monoisotopic (exact) mass is 365 g/mol. The summed E-state index contributed by atoms with van der Waals surface area (Å²) in [6.45, 7) is 6.79. The SMILES string of the molecule is CC(C)(C)C(=O)Nc1cccc(NC(=O)CN2CCCc3ccccc32)c1. The number of carbonyl (C=O) groups is 2. The first-order valence-electron chi connectivity index (χ1n) is 9.37. The van der Waals surface area contributed by atoms with Crippen LogP contribution in [0.1, 0.15) is 32.8 Å². The van der Waals surface area contributed by atoms with Crippen molar-refractivity contribution in [1.82, 2.24) is 0 Å². The van der Waals surface area contributed by atoms with Gasteiger partial charge in [0.15, 0.2) is 0 Å². The quantitative estimate of drug-likeness (QED) is 0.859. The predicted molar refractivity (Wildman–Crippen MR) is 110 cm³/mol. The highest BCUT2D eigenvalue weighted by molar-refractivity contribution is 5.97. The lowest BCUT2D eigenvalue weighted by molar-refractivity contribution is -0.123. The molecule has 2 aromatic carbocycles. The maximum absolute atomic E-state index is 12.5. The summed E-state index contributed by atoms with van der Waals surface area (Å²) >= 11 is 0. The molecule has 0 spiro atoms. The molecule has 0 fully saturated rings. The van der Waals surface area contributed by atoms with Gasteiger partial charge in [0.2, 0.25) is 11.8 Å². The van der Waals surface area contributed by atoms with E-state index in [1.807, 2.05) is 51.1 Å². The molecule has 0 aromatic heterocycles. The first kappa shape index (κ1) is 19.0. The van der Waals surface area contributed by atoms with Gasteiger partial charge in [0.05, 0.1) is 6.54 Å². The van der Waals surface area contributed by atoms with E-state index < -0.39 is 5.41 Å². The van der Waals surface area contributed by atoms with E-state index in [4.69, 9.17) is 0 Å². The van der Waals surface area contributed by atoms with Crippen molar-refractivity contribution in [2.45, 2.75) is 33.6 Å². The summed E-state index contributed by atoms with van der Waals surface area (Å²) in [6.07, 6.45) is 2.11. The Kier molecular flexibility index (Phi) is 5.49. The zero-order valence-electron chi connectivity index (χ0n) is 16.2. The summed E-state index contributed by atoms with van der Waals surface area (Å²) < 4.78 is 0. The van der Waals surface area contributed by atoms with E-state index in [-0.39, 0.29) is 11.8 Å². The minimum absolute atomic E-state index is 0.0594. The van der Waals surface area contributed by atoms with Crippen LogP contribution in [-0.2, 0) is 16.0 Å². The molecule has 5 heteroatoms. The van der Waals surface area contributed by atoms with Gasteiger partial charge in [-0.15, -0.1) is 0 Å². The Balaban J connectivity index is 1.64. The van der Waals surface area contributed by atoms with Crippen molar-refractivity contribution in [1.29, 1.82) is 0 Å². The minimum Gasteiger partial charge on any atom is -0.362 e. The van der Waals surface area contributed by atoms with Gasteiger partial charge in [0.1, 0.15) is 0 Å². The molecule has 0 radical (unpaired) electrons. The highest BCUT2D eigenvalue weighted by Gasteiger charge is 2.21. The number of fused-ring (bicyclic) bond motifs is 1. The van der Waals surface area contributed by atoms with E-state index in [0.717, 1.165) is 25.1 Å². The Morgan fingerprint density at radius 1 is 1.00 bits per heavy atom. The van der Waals surface area contributed by atoms with Crippen LogP contribution < -0.4 is 15.5 Å². The van der Waals surface area contributed by atoms with E-state index in [0.29, 0.717) is 17.9 Å². The third-order valence-corrected chi connectivity index (χ3v) is 4.63. The fourth-order valence-electron chi connectivity index (χ4n) is 3.14. The molecule has 2 amide bonds. The summed E-state index contributed by atoms with van der Waals surface area (Å²) in [4.78, 5) is 26.8. The third kappa shape index (κ3) is 4.88. The lowest BCUT2D eigenvalue weighted by Gasteiger charge is -2.30. The molecule has 1 aliphatic rings. The van der Waals surface area contributed by atoms with Gasteiger partial charge < -0.3 is 15.5 Å². The van der Waals surface area contributed by atoms with Crippen LogP contribution in [0.4, 0.5) is 17.1 Å². The molecule has 0 saturated carbocycles. The molecule has 1 heterocycles. The average Bonchev–Trinajstić information content (AvgIpc) is 2.61. The van der Waals surface area contributed by atoms with Gasteiger partial charge in [-0.25, -0.2) is 0 Å². The Morgan fingerprint density at radius 2 is 1.70 bits per heavy atom. The Labute approximate surface area is 160 Å². The van der Waals surface area contributed by atoms with Crippen molar-refractivity contribution in [3.8, 4) is 0 Å². The van der Waals surface area contributed by atoms with E-state index in [1.165, 1.54) is 5.56 Å². The molecule has 3 rings (SSSR count). The molecule has 0 atom stereocenters. The molecule has 0 unspecified atom stereocenters. The lowest BCUT2D eigenvalue weighted by Crippen LogP contribution is -2.36. The summed E-state index contributed by atoms with van der Waals surface area (Å²) in [5.41, 5.74) is 3.32. The van der Waals surface area contributed by atoms with Crippen LogP contribution >= 0.6 is 0 Å². The molecule has 27 heavy (non-hydrogen) atoms. The average molecular weight is 365 g/mol. The van der Waals surface area contributed by atoms with Crippen molar-refractivity contribution < 1.29 is 9.59 Å². The molecule has 142 valence electrons. The summed E-state index contributed by atoms with van der Waals surface area (Å²) in [7, 11) is 0. The van der Waals surface area contributed by atoms with Crippen LogP contribution in [0.3, 0.4) is 0 Å². The fourth-order valence-corrected chi connectivity index (χ4v) is 3.14. The van der Waals surface area contributed by atoms with Crippen LogP contribution in [-0.4, -0.2) is 24.9 Å². The zero-order valence-corrected chi connectivity index (χ0v) is 16.2. The first-order valence-corrected chi connectivity index (χ1v) is 9.37. The van der Waals surface area contributed by atoms with Gasteiger partial charge >= 0.3 is 0 Å². The molecular weight excluding hydrogens is 338 g/mol. The van der Waals surface area contributed by atoms with Gasteiger partial charge in [-0.05, 0) is 42.7 Å². The number of hydrogen-bond acceptors (Lipinski definition) is 3. The number of nitrogens with zero attached hydrogens (tertiary/aromatic N) is 1. The van der Waals surface area contributed by atoms with Gasteiger partial charge in [0.25, 0.3) is 0 Å². The highest BCUT2D eigenvalue weighted by atomic mass is 16.2. The number of carbonyl (C=O) groups excluding carboxylic acids is 2. The zero-order chi connectivity index (χ0) is 19.4. The summed E-state index contributed by atoms with van der Waals surface area (Å²) in [5.74, 6) is -0.123. The molecule has 0 aliphatic carbocycles. The van der Waals surface area contributed by atoms with Crippen LogP contribution in [0.5, 0.6) is 0 Å². The maximum Gasteiger partial charge on any atom is 0.243 e. The smallest absolute Gasteiger partial charge is 0.243 e. The minimum atomic E-state index is -0.471. The summed E-state index contributed by atoms with van der Waals surface area (Å²) in [5, 5.41) is 5.83. The molecule has 2 N–H and O–H groups in total. The topological polar surface area (TPSA) is 61.4 Å². The normalized spacial score (nSPS) is 13.7. The number of rotatable bonds is 4. The molecular formula is C22H27N3O2. The Morgan fingerprint density at radius 3 is 2.44 bits per heavy atom. The standard InChI is InChI=1S/C22H27N3O2/c1-22(2,3)21(27)24-18-11-6-10-17(14-18)23-20(26)15-25-13-7-9-16-8-4-5-12-19(16)25/h4-6,8,10-12,14H,7,9,13,15H2,1-3H3,(H,23,26)(H,24,27). The number of aryl methyl sites for hydroxylation is 1. The largest absolute Gasteiger partial charge is 0.362 e. The van der Waals surface area contributed by atoms with Crippen molar-refractivity contribution in [3.05, 3.63) is 54.1 Å². The number of amides is 2. The fraction of sp³-hybridized carbons (Fsp3) is 0.364. The van der Waals surface area contributed by atoms with Gasteiger partial charge in [-0.1, -0.05) is 45.0 Å². The second kappa shape index (κ2) is 7.82. The van der Waals surface area contributed by atoms with Crippen molar-refractivity contribution in [2.24, 2.45) is 5.41 Å². The van der Waals surface area contributed by atoms with E-state index in [1.54, 1.807) is 6.07 Å². The van der Waals surface area contributed by atoms with E-state index in [9.17, 15) is 9.59 Å². The van der Waals surface area contributed by atoms with E-state index in [2.05, 4.69) is 27.7 Å². The predicted octanol–water partition coefficient (Wildman–Crippen LogP) is 4.06. The van der Waals surface area contributed by atoms with Crippen LogP contribution in [0.25, 0.3) is 0 Å². The van der Waals surface area contributed by atoms with E-state index >= 15 is 0 Å². The number of anilines is 3. The van der Waals surface area contributed by atoms with Crippen LogP contribution in [0, 0.1) is 5.41 Å². The Hall–Kier alpha value is -2.82. The van der Waals surface area contributed by atoms with Gasteiger partial charge in [-0.2, -0.15) is 0 Å². The number of nitrogens with one attached hydrogen (secondary N) is 2. The Bertz CT molecular complexity index is 839.